The van der Waals surface area contributed by atoms with E-state index in [1.807, 2.05) is 0 Å². The van der Waals surface area contributed by atoms with Crippen LogP contribution in [0.3, 0.4) is 0 Å². The van der Waals surface area contributed by atoms with Crippen LogP contribution in [0.1, 0.15) is 57.6 Å². The van der Waals surface area contributed by atoms with Crippen molar-refractivity contribution < 1.29 is 19.0 Å². The van der Waals surface area contributed by atoms with Crippen molar-refractivity contribution in [2.75, 3.05) is 13.4 Å². The molecule has 0 fully saturated rings. The quantitative estimate of drug-likeness (QED) is 0.651. The minimum Gasteiger partial charge on any atom is -0.454 e. The van der Waals surface area contributed by atoms with Gasteiger partial charge >= 0.3 is 0 Å². The first-order chi connectivity index (χ1) is 12.7. The minimum absolute atomic E-state index is 0.180. The molecule has 1 atom stereocenters. The molecule has 1 N–H and O–H groups in total. The Labute approximate surface area is 164 Å². The molecule has 1 heterocycles. The first kappa shape index (κ1) is 20.4. The number of ether oxygens (including phenoxy) is 2. The summed E-state index contributed by atoms with van der Waals surface area (Å²) in [6.07, 6.45) is 6.57. The first-order valence-corrected chi connectivity index (χ1v) is 13.0. The highest BCUT2D eigenvalue weighted by Crippen LogP contribution is 2.42. The van der Waals surface area contributed by atoms with Crippen LogP contribution < -0.4 is 9.47 Å². The van der Waals surface area contributed by atoms with Crippen molar-refractivity contribution in [1.29, 1.82) is 0 Å². The van der Waals surface area contributed by atoms with Crippen LogP contribution in [-0.4, -0.2) is 26.8 Å². The van der Waals surface area contributed by atoms with E-state index in [-0.39, 0.29) is 18.4 Å². The number of aliphatic hydroxyl groups excluding tert-OH is 1. The average Bonchev–Trinajstić information content (AvgIpc) is 3.06. The molecule has 0 amide bonds. The summed E-state index contributed by atoms with van der Waals surface area (Å²) < 4.78 is 17.8. The number of benzene rings is 1. The molecule has 0 aromatic heterocycles. The normalized spacial score (nSPS) is 19.9. The molecule has 0 saturated carbocycles. The number of rotatable bonds is 6. The summed E-state index contributed by atoms with van der Waals surface area (Å²) in [4.78, 5) is 0. The van der Waals surface area contributed by atoms with E-state index in [4.69, 9.17) is 13.9 Å². The Hall–Kier alpha value is -1.30. The lowest BCUT2D eigenvalue weighted by molar-refractivity contribution is 0.174. The van der Waals surface area contributed by atoms with E-state index in [9.17, 15) is 5.11 Å². The second-order valence-electron chi connectivity index (χ2n) is 9.27. The highest BCUT2D eigenvalue weighted by atomic mass is 28.4. The molecule has 0 spiro atoms. The summed E-state index contributed by atoms with van der Waals surface area (Å²) in [7, 11) is -1.84. The van der Waals surface area contributed by atoms with Gasteiger partial charge in [-0.1, -0.05) is 26.8 Å². The molecule has 1 aliphatic carbocycles. The van der Waals surface area contributed by atoms with Gasteiger partial charge in [0, 0.05) is 6.61 Å². The van der Waals surface area contributed by atoms with Crippen LogP contribution in [-0.2, 0) is 11.0 Å². The zero-order valence-electron chi connectivity index (χ0n) is 17.4. The second kappa shape index (κ2) is 7.98. The van der Waals surface area contributed by atoms with Crippen molar-refractivity contribution in [3.8, 4) is 11.5 Å². The third-order valence-corrected chi connectivity index (χ3v) is 10.8. The molecule has 5 heteroatoms. The molecule has 0 saturated heterocycles. The van der Waals surface area contributed by atoms with Crippen molar-refractivity contribution in [2.45, 2.75) is 71.2 Å². The lowest BCUT2D eigenvalue weighted by Gasteiger charge is -2.36. The standard InChI is InChI=1S/C22H34O4Si/c1-22(2,3)27(4,5)26-14-18-12-20-21(25-15-24-20)13-19(18)17-8-6-7-16(11-17)9-10-23/h11-13,16,23H,6-10,14-15H2,1-5H3. The van der Waals surface area contributed by atoms with Gasteiger partial charge in [-0.3, -0.25) is 0 Å². The number of hydrogen-bond donors (Lipinski definition) is 1. The van der Waals surface area contributed by atoms with Gasteiger partial charge in [0.15, 0.2) is 19.8 Å². The molecule has 150 valence electrons. The Kier molecular flexibility index (Phi) is 6.04. The Morgan fingerprint density at radius 2 is 1.89 bits per heavy atom. The van der Waals surface area contributed by atoms with E-state index >= 15 is 0 Å². The van der Waals surface area contributed by atoms with Gasteiger partial charge in [-0.05, 0) is 78.6 Å². The predicted molar refractivity (Wildman–Crippen MR) is 112 cm³/mol. The third-order valence-electron chi connectivity index (χ3n) is 6.30. The van der Waals surface area contributed by atoms with Crippen LogP contribution in [0.15, 0.2) is 18.2 Å². The monoisotopic (exact) mass is 390 g/mol. The van der Waals surface area contributed by atoms with Crippen molar-refractivity contribution >= 4 is 13.9 Å². The molecular formula is C22H34O4Si. The van der Waals surface area contributed by atoms with E-state index in [2.05, 4.69) is 52.1 Å². The fourth-order valence-electron chi connectivity index (χ4n) is 3.50. The number of aliphatic hydroxyl groups is 1. The Morgan fingerprint density at radius 3 is 2.56 bits per heavy atom. The molecule has 1 aromatic rings. The van der Waals surface area contributed by atoms with E-state index in [1.54, 1.807) is 0 Å². The van der Waals surface area contributed by atoms with Gasteiger partial charge in [-0.25, -0.2) is 0 Å². The summed E-state index contributed by atoms with van der Waals surface area (Å²) >= 11 is 0. The van der Waals surface area contributed by atoms with Gasteiger partial charge in [-0.15, -0.1) is 0 Å². The van der Waals surface area contributed by atoms with Gasteiger partial charge in [0.1, 0.15) is 0 Å². The minimum atomic E-state index is -1.84. The Balaban J connectivity index is 1.91. The largest absolute Gasteiger partial charge is 0.454 e. The lowest BCUT2D eigenvalue weighted by Crippen LogP contribution is -2.40. The summed E-state index contributed by atoms with van der Waals surface area (Å²) in [5.41, 5.74) is 3.76. The molecular weight excluding hydrogens is 356 g/mol. The first-order valence-electron chi connectivity index (χ1n) is 10.1. The predicted octanol–water partition coefficient (Wildman–Crippen LogP) is 5.50. The molecule has 27 heavy (non-hydrogen) atoms. The van der Waals surface area contributed by atoms with Gasteiger partial charge < -0.3 is 19.0 Å². The summed E-state index contributed by atoms with van der Waals surface area (Å²) in [6, 6.07) is 4.22. The molecule has 3 rings (SSSR count). The van der Waals surface area contributed by atoms with Crippen LogP contribution >= 0.6 is 0 Å². The number of fused-ring (bicyclic) bond motifs is 1. The van der Waals surface area contributed by atoms with Gasteiger partial charge in [-0.2, -0.15) is 0 Å². The van der Waals surface area contributed by atoms with E-state index < -0.39 is 8.32 Å². The van der Waals surface area contributed by atoms with Gasteiger partial charge in [0.05, 0.1) is 6.61 Å². The molecule has 0 bridgehead atoms. The maximum absolute atomic E-state index is 9.33. The maximum atomic E-state index is 9.33. The van der Waals surface area contributed by atoms with Gasteiger partial charge in [0.25, 0.3) is 0 Å². The summed E-state index contributed by atoms with van der Waals surface area (Å²) in [5, 5.41) is 9.51. The third kappa shape index (κ3) is 4.58. The second-order valence-corrected chi connectivity index (χ2v) is 14.1. The molecule has 0 radical (unpaired) electrons. The lowest BCUT2D eigenvalue weighted by atomic mass is 9.84. The Morgan fingerprint density at radius 1 is 1.19 bits per heavy atom. The van der Waals surface area contributed by atoms with Crippen LogP contribution in [0.5, 0.6) is 11.5 Å². The molecule has 4 nitrogen and oxygen atoms in total. The van der Waals surface area contributed by atoms with Crippen molar-refractivity contribution in [2.24, 2.45) is 5.92 Å². The smallest absolute Gasteiger partial charge is 0.231 e. The van der Waals surface area contributed by atoms with Crippen LogP contribution in [0, 0.1) is 5.92 Å². The highest BCUT2D eigenvalue weighted by Gasteiger charge is 2.37. The number of allylic oxidation sites excluding steroid dienone is 2. The van der Waals surface area contributed by atoms with Crippen molar-refractivity contribution in [1.82, 2.24) is 0 Å². The van der Waals surface area contributed by atoms with Crippen molar-refractivity contribution in [3.63, 3.8) is 0 Å². The zero-order chi connectivity index (χ0) is 19.7. The van der Waals surface area contributed by atoms with E-state index in [0.29, 0.717) is 12.5 Å². The van der Waals surface area contributed by atoms with E-state index in [0.717, 1.165) is 37.2 Å². The van der Waals surface area contributed by atoms with Crippen molar-refractivity contribution in [3.05, 3.63) is 29.3 Å². The summed E-state index contributed by atoms with van der Waals surface area (Å²) in [6.45, 7) is 12.5. The molecule has 2 aliphatic rings. The molecule has 1 unspecified atom stereocenters. The SMILES string of the molecule is CC(C)(C)[Si](C)(C)OCc1cc2c(cc1C1=CC(CCO)CCC1)OCO2. The maximum Gasteiger partial charge on any atom is 0.231 e. The van der Waals surface area contributed by atoms with E-state index in [1.165, 1.54) is 16.7 Å². The zero-order valence-corrected chi connectivity index (χ0v) is 18.4. The average molecular weight is 391 g/mol. The van der Waals surface area contributed by atoms with Crippen LogP contribution in [0.25, 0.3) is 5.57 Å². The van der Waals surface area contributed by atoms with Crippen LogP contribution in [0.2, 0.25) is 18.1 Å². The molecule has 1 aromatic carbocycles. The summed E-state index contributed by atoms with van der Waals surface area (Å²) in [5.74, 6) is 2.10. The fourth-order valence-corrected chi connectivity index (χ4v) is 4.45. The fraction of sp³-hybridized carbons (Fsp3) is 0.636. The highest BCUT2D eigenvalue weighted by molar-refractivity contribution is 6.74. The topological polar surface area (TPSA) is 47.9 Å². The number of hydrogen-bond acceptors (Lipinski definition) is 4. The van der Waals surface area contributed by atoms with Gasteiger partial charge in [0.2, 0.25) is 6.79 Å². The Bertz CT molecular complexity index is 703. The molecule has 1 aliphatic heterocycles. The van der Waals surface area contributed by atoms with Crippen LogP contribution in [0.4, 0.5) is 0 Å².